The number of aryl methyl sites for hydroxylation is 1. The van der Waals surface area contributed by atoms with Crippen LogP contribution in [0.15, 0.2) is 91.1 Å². The van der Waals surface area contributed by atoms with Crippen LogP contribution in [-0.4, -0.2) is 22.1 Å². The second kappa shape index (κ2) is 10.0. The molecule has 4 aromatic carbocycles. The maximum absolute atomic E-state index is 12.2. The van der Waals surface area contributed by atoms with Crippen LogP contribution in [-0.2, 0) is 24.4 Å². The lowest BCUT2D eigenvalue weighted by Crippen LogP contribution is -2.38. The molecule has 3 N–H and O–H groups in total. The van der Waals surface area contributed by atoms with Gasteiger partial charge >= 0.3 is 5.97 Å². The van der Waals surface area contributed by atoms with Gasteiger partial charge in [-0.05, 0) is 41.0 Å². The molecule has 35 heavy (non-hydrogen) atoms. The van der Waals surface area contributed by atoms with Gasteiger partial charge < -0.3 is 14.8 Å². The second-order valence-corrected chi connectivity index (χ2v) is 8.88. The molecule has 1 heterocycles. The molecule has 0 amide bonds. The highest BCUT2D eigenvalue weighted by atomic mass is 16.5. The van der Waals surface area contributed by atoms with Gasteiger partial charge in [-0.15, -0.1) is 0 Å². The number of nitrogens with one attached hydrogen (secondary N) is 2. The van der Waals surface area contributed by atoms with Gasteiger partial charge in [0.25, 0.3) is 0 Å². The first-order valence-electron chi connectivity index (χ1n) is 11.8. The molecule has 5 nitrogen and oxygen atoms in total. The van der Waals surface area contributed by atoms with Crippen molar-refractivity contribution < 1.29 is 14.6 Å². The largest absolute Gasteiger partial charge is 0.489 e. The number of carbonyl (C=O) groups is 1. The quantitative estimate of drug-likeness (QED) is 0.250. The van der Waals surface area contributed by atoms with Crippen LogP contribution in [0.1, 0.15) is 22.3 Å². The fourth-order valence-corrected chi connectivity index (χ4v) is 4.59. The molecule has 5 aromatic rings. The Bertz CT molecular complexity index is 1490. The molecule has 0 fully saturated rings. The number of hydrogen-bond acceptors (Lipinski definition) is 3. The molecular weight excluding hydrogens is 436 g/mol. The van der Waals surface area contributed by atoms with E-state index in [0.29, 0.717) is 19.6 Å². The standard InChI is InChI=1S/C30H28N2O3/c1-20-7-6-8-21(15-20)19-35-29-14-13-22-9-2-3-10-24(22)26(29)18-32-28(30(33)34)16-23-17-31-27-12-5-4-11-25(23)27/h2-15,17,28,31-32H,16,18-19H2,1H3,(H,33,34)/t28-/m0/s1. The van der Waals surface area contributed by atoms with Crippen molar-refractivity contribution in [2.45, 2.75) is 32.5 Å². The monoisotopic (exact) mass is 464 g/mol. The number of fused-ring (bicyclic) bond motifs is 2. The molecule has 0 spiro atoms. The molecule has 0 bridgehead atoms. The number of aromatic amines is 1. The van der Waals surface area contributed by atoms with Gasteiger partial charge in [-0.3, -0.25) is 10.1 Å². The Morgan fingerprint density at radius 2 is 1.77 bits per heavy atom. The van der Waals surface area contributed by atoms with Gasteiger partial charge in [-0.1, -0.05) is 78.4 Å². The van der Waals surface area contributed by atoms with Gasteiger partial charge in [0.1, 0.15) is 18.4 Å². The van der Waals surface area contributed by atoms with Gasteiger partial charge in [-0.2, -0.15) is 0 Å². The molecule has 176 valence electrons. The van der Waals surface area contributed by atoms with Crippen molar-refractivity contribution in [3.8, 4) is 5.75 Å². The summed E-state index contributed by atoms with van der Waals surface area (Å²) >= 11 is 0. The van der Waals surface area contributed by atoms with E-state index < -0.39 is 12.0 Å². The molecule has 0 aliphatic rings. The first-order valence-corrected chi connectivity index (χ1v) is 11.8. The summed E-state index contributed by atoms with van der Waals surface area (Å²) in [5.41, 5.74) is 5.23. The summed E-state index contributed by atoms with van der Waals surface area (Å²) in [6.07, 6.45) is 2.28. The average Bonchev–Trinajstić information content (AvgIpc) is 3.28. The molecule has 1 aromatic heterocycles. The minimum absolute atomic E-state index is 0.379. The third-order valence-electron chi connectivity index (χ3n) is 6.40. The number of ether oxygens (including phenoxy) is 1. The number of rotatable bonds is 9. The highest BCUT2D eigenvalue weighted by Crippen LogP contribution is 2.29. The van der Waals surface area contributed by atoms with E-state index >= 15 is 0 Å². The highest BCUT2D eigenvalue weighted by molar-refractivity contribution is 5.88. The fraction of sp³-hybridized carbons (Fsp3) is 0.167. The van der Waals surface area contributed by atoms with Crippen molar-refractivity contribution in [2.75, 3.05) is 0 Å². The molecule has 0 aliphatic heterocycles. The van der Waals surface area contributed by atoms with E-state index in [4.69, 9.17) is 4.74 Å². The summed E-state index contributed by atoms with van der Waals surface area (Å²) in [6.45, 7) is 2.89. The smallest absolute Gasteiger partial charge is 0.321 e. The van der Waals surface area contributed by atoms with Crippen LogP contribution in [0.25, 0.3) is 21.7 Å². The number of carboxylic acid groups (broad SMARTS) is 1. The topological polar surface area (TPSA) is 74.3 Å². The number of aliphatic carboxylic acids is 1. The molecule has 1 atom stereocenters. The predicted octanol–water partition coefficient (Wildman–Crippen LogP) is 5.99. The van der Waals surface area contributed by atoms with Gasteiger partial charge in [-0.25, -0.2) is 0 Å². The SMILES string of the molecule is Cc1cccc(COc2ccc3ccccc3c2CN[C@@H](Cc2c[nH]c3ccccc23)C(=O)O)c1. The van der Waals surface area contributed by atoms with Crippen LogP contribution in [0.4, 0.5) is 0 Å². The first kappa shape index (κ1) is 22.7. The molecule has 0 aliphatic carbocycles. The second-order valence-electron chi connectivity index (χ2n) is 8.88. The summed E-state index contributed by atoms with van der Waals surface area (Å²) < 4.78 is 6.25. The van der Waals surface area contributed by atoms with Crippen LogP contribution in [0.3, 0.4) is 0 Å². The summed E-state index contributed by atoms with van der Waals surface area (Å²) in [5, 5.41) is 16.5. The van der Waals surface area contributed by atoms with Crippen LogP contribution in [0, 0.1) is 6.92 Å². The van der Waals surface area contributed by atoms with E-state index in [0.717, 1.165) is 44.1 Å². The minimum atomic E-state index is -0.877. The fourth-order valence-electron chi connectivity index (χ4n) is 4.59. The van der Waals surface area contributed by atoms with Crippen LogP contribution in [0.2, 0.25) is 0 Å². The van der Waals surface area contributed by atoms with E-state index in [2.05, 4.69) is 41.5 Å². The minimum Gasteiger partial charge on any atom is -0.489 e. The zero-order chi connectivity index (χ0) is 24.2. The summed E-state index contributed by atoms with van der Waals surface area (Å²) in [7, 11) is 0. The Morgan fingerprint density at radius 1 is 0.971 bits per heavy atom. The van der Waals surface area contributed by atoms with Gasteiger partial charge in [0.15, 0.2) is 0 Å². The van der Waals surface area contributed by atoms with Gasteiger partial charge in [0.2, 0.25) is 0 Å². The molecule has 0 unspecified atom stereocenters. The Hall–Kier alpha value is -4.09. The van der Waals surface area contributed by atoms with Gasteiger partial charge in [0.05, 0.1) is 0 Å². The first-order chi connectivity index (χ1) is 17.1. The van der Waals surface area contributed by atoms with E-state index in [9.17, 15) is 9.90 Å². The lowest BCUT2D eigenvalue weighted by molar-refractivity contribution is -0.139. The Kier molecular flexibility index (Phi) is 6.51. The predicted molar refractivity (Wildman–Crippen MR) is 140 cm³/mol. The van der Waals surface area contributed by atoms with Crippen LogP contribution >= 0.6 is 0 Å². The normalized spacial score (nSPS) is 12.1. The number of hydrogen-bond donors (Lipinski definition) is 3. The van der Waals surface area contributed by atoms with Crippen molar-refractivity contribution >= 4 is 27.6 Å². The Balaban J connectivity index is 1.40. The maximum atomic E-state index is 12.2. The molecule has 5 heteroatoms. The third kappa shape index (κ3) is 5.05. The van der Waals surface area contributed by atoms with E-state index in [1.54, 1.807) is 0 Å². The Morgan fingerprint density at radius 3 is 2.60 bits per heavy atom. The van der Waals surface area contributed by atoms with E-state index in [1.165, 1.54) is 5.56 Å². The Labute approximate surface area is 204 Å². The van der Waals surface area contributed by atoms with E-state index in [-0.39, 0.29) is 0 Å². The number of benzene rings is 4. The number of H-pyrrole nitrogens is 1. The highest BCUT2D eigenvalue weighted by Gasteiger charge is 2.21. The lowest BCUT2D eigenvalue weighted by Gasteiger charge is -2.18. The third-order valence-corrected chi connectivity index (χ3v) is 6.40. The molecule has 5 rings (SSSR count). The van der Waals surface area contributed by atoms with Crippen LogP contribution < -0.4 is 10.1 Å². The van der Waals surface area contributed by atoms with E-state index in [1.807, 2.05) is 66.9 Å². The molecule has 0 saturated carbocycles. The van der Waals surface area contributed by atoms with Crippen molar-refractivity contribution in [2.24, 2.45) is 0 Å². The number of para-hydroxylation sites is 1. The number of carboxylic acids is 1. The van der Waals surface area contributed by atoms with Crippen molar-refractivity contribution in [1.29, 1.82) is 0 Å². The average molecular weight is 465 g/mol. The molecule has 0 saturated heterocycles. The summed E-state index contributed by atoms with van der Waals surface area (Å²) in [5.74, 6) is -0.119. The van der Waals surface area contributed by atoms with Crippen molar-refractivity contribution in [3.05, 3.63) is 113 Å². The molecular formula is C30H28N2O3. The molecule has 0 radical (unpaired) electrons. The summed E-state index contributed by atoms with van der Waals surface area (Å²) in [4.78, 5) is 15.4. The van der Waals surface area contributed by atoms with Crippen LogP contribution in [0.5, 0.6) is 5.75 Å². The number of aromatic nitrogens is 1. The van der Waals surface area contributed by atoms with Crippen molar-refractivity contribution in [3.63, 3.8) is 0 Å². The summed E-state index contributed by atoms with van der Waals surface area (Å²) in [6, 6.07) is 27.6. The zero-order valence-corrected chi connectivity index (χ0v) is 19.6. The lowest BCUT2D eigenvalue weighted by atomic mass is 10.0. The zero-order valence-electron chi connectivity index (χ0n) is 19.6. The van der Waals surface area contributed by atoms with Crippen molar-refractivity contribution in [1.82, 2.24) is 10.3 Å². The maximum Gasteiger partial charge on any atom is 0.321 e. The van der Waals surface area contributed by atoms with Gasteiger partial charge in [0, 0.05) is 35.6 Å².